The number of aliphatic hydroxyl groups is 1. The van der Waals surface area contributed by atoms with Crippen LogP contribution in [0.3, 0.4) is 0 Å². The fourth-order valence-electron chi connectivity index (χ4n) is 3.42. The Morgan fingerprint density at radius 2 is 2.14 bits per heavy atom. The van der Waals surface area contributed by atoms with Crippen LogP contribution in [-0.2, 0) is 20.8 Å². The monoisotopic (exact) mass is 396 g/mol. The van der Waals surface area contributed by atoms with Crippen LogP contribution in [-0.4, -0.2) is 66.2 Å². The zero-order chi connectivity index (χ0) is 20.4. The first-order valence-corrected chi connectivity index (χ1v) is 9.86. The highest BCUT2D eigenvalue weighted by atomic mass is 16.8. The molecule has 1 amide bonds. The van der Waals surface area contributed by atoms with Crippen molar-refractivity contribution in [1.29, 1.82) is 0 Å². The van der Waals surface area contributed by atoms with Crippen LogP contribution in [0.15, 0.2) is 24.3 Å². The summed E-state index contributed by atoms with van der Waals surface area (Å²) in [5.41, 5.74) is 2.71. The molecule has 0 saturated carbocycles. The number of benzene rings is 1. The Hall–Kier alpha value is -1.71. The second-order valence-electron chi connectivity index (χ2n) is 7.01. The second kappa shape index (κ2) is 12.0. The summed E-state index contributed by atoms with van der Waals surface area (Å²) in [6.45, 7) is 5.86. The van der Waals surface area contributed by atoms with Crippen LogP contribution in [0, 0.1) is 5.92 Å². The van der Waals surface area contributed by atoms with Crippen molar-refractivity contribution in [1.82, 2.24) is 10.5 Å². The Labute approximate surface area is 166 Å². The van der Waals surface area contributed by atoms with Gasteiger partial charge in [0.25, 0.3) is 0 Å². The lowest BCUT2D eigenvalue weighted by molar-refractivity contribution is -0.165. The highest BCUT2D eigenvalue weighted by Gasteiger charge is 2.32. The molecule has 0 bridgehead atoms. The van der Waals surface area contributed by atoms with Crippen LogP contribution in [0.1, 0.15) is 32.3 Å². The van der Waals surface area contributed by atoms with Crippen molar-refractivity contribution < 1.29 is 29.4 Å². The van der Waals surface area contributed by atoms with Gasteiger partial charge in [-0.3, -0.25) is 14.8 Å². The number of ether oxygens (including phenoxy) is 2. The Morgan fingerprint density at radius 1 is 1.39 bits per heavy atom. The minimum absolute atomic E-state index is 0.0188. The number of hydrogen-bond donors (Lipinski definition) is 3. The number of carbonyl (C=O) groups excluding carboxylic acids is 1. The van der Waals surface area contributed by atoms with Crippen molar-refractivity contribution in [3.63, 3.8) is 0 Å². The van der Waals surface area contributed by atoms with Crippen LogP contribution < -0.4 is 10.4 Å². The maximum absolute atomic E-state index is 13.0. The van der Waals surface area contributed by atoms with Gasteiger partial charge in [0.05, 0.1) is 37.9 Å². The normalized spacial score (nSPS) is 19.3. The van der Waals surface area contributed by atoms with Crippen LogP contribution >= 0.6 is 0 Å². The van der Waals surface area contributed by atoms with Gasteiger partial charge < -0.3 is 19.5 Å². The maximum Gasteiger partial charge on any atom is 0.228 e. The number of hydrogen-bond acceptors (Lipinski definition) is 7. The lowest BCUT2D eigenvalue weighted by Gasteiger charge is -2.35. The van der Waals surface area contributed by atoms with E-state index in [4.69, 9.17) is 14.7 Å². The summed E-state index contributed by atoms with van der Waals surface area (Å²) < 4.78 is 10.9. The Kier molecular flexibility index (Phi) is 9.66. The third-order valence-electron chi connectivity index (χ3n) is 4.87. The molecule has 1 aliphatic heterocycles. The summed E-state index contributed by atoms with van der Waals surface area (Å²) in [4.78, 5) is 19.4. The van der Waals surface area contributed by atoms with Crippen molar-refractivity contribution in [2.45, 2.75) is 45.3 Å². The standard InChI is InChI=1S/C20H32N2O6/c1-3-26-17-9-7-16(8-10-17)5-4-6-18(19(23)14-28-21-25)20(24)22-11-12-27-15(2)13-22/h7-10,15,18-19,21,23,25H,3-6,11-14H2,1-2H3/t15?,18-,19-/m1/s1. The molecule has 0 spiro atoms. The molecule has 0 aromatic heterocycles. The number of aryl methyl sites for hydroxylation is 1. The average Bonchev–Trinajstić information content (AvgIpc) is 2.70. The molecule has 1 aromatic carbocycles. The van der Waals surface area contributed by atoms with E-state index in [-0.39, 0.29) is 18.6 Å². The number of nitrogens with one attached hydrogen (secondary N) is 1. The van der Waals surface area contributed by atoms with Gasteiger partial charge in [0.2, 0.25) is 5.91 Å². The number of morpholine rings is 1. The average molecular weight is 396 g/mol. The molecule has 1 aromatic rings. The summed E-state index contributed by atoms with van der Waals surface area (Å²) in [6, 6.07) is 7.90. The lowest BCUT2D eigenvalue weighted by Crippen LogP contribution is -2.49. The van der Waals surface area contributed by atoms with Gasteiger partial charge in [-0.05, 0) is 50.8 Å². The van der Waals surface area contributed by atoms with Crippen LogP contribution in [0.4, 0.5) is 0 Å². The van der Waals surface area contributed by atoms with E-state index in [1.54, 1.807) is 10.5 Å². The van der Waals surface area contributed by atoms with Crippen molar-refractivity contribution >= 4 is 5.91 Å². The first-order chi connectivity index (χ1) is 13.5. The lowest BCUT2D eigenvalue weighted by atomic mass is 9.93. The molecule has 158 valence electrons. The van der Waals surface area contributed by atoms with Crippen LogP contribution in [0.2, 0.25) is 0 Å². The smallest absolute Gasteiger partial charge is 0.228 e. The van der Waals surface area contributed by atoms with Gasteiger partial charge in [-0.25, -0.2) is 0 Å². The number of amides is 1. The zero-order valence-electron chi connectivity index (χ0n) is 16.7. The number of aliphatic hydroxyl groups excluding tert-OH is 1. The predicted molar refractivity (Wildman–Crippen MR) is 103 cm³/mol. The van der Waals surface area contributed by atoms with E-state index < -0.39 is 12.0 Å². The summed E-state index contributed by atoms with van der Waals surface area (Å²) in [5, 5.41) is 19.0. The molecule has 8 nitrogen and oxygen atoms in total. The van der Waals surface area contributed by atoms with Gasteiger partial charge in [0.1, 0.15) is 5.75 Å². The van der Waals surface area contributed by atoms with Gasteiger partial charge in [0, 0.05) is 13.1 Å². The predicted octanol–water partition coefficient (Wildman–Crippen LogP) is 1.54. The molecule has 2 rings (SSSR count). The largest absolute Gasteiger partial charge is 0.494 e. The molecule has 1 aliphatic rings. The maximum atomic E-state index is 13.0. The zero-order valence-corrected chi connectivity index (χ0v) is 16.7. The van der Waals surface area contributed by atoms with E-state index in [0.717, 1.165) is 24.2 Å². The van der Waals surface area contributed by atoms with E-state index in [0.29, 0.717) is 32.7 Å². The molecule has 0 aliphatic carbocycles. The van der Waals surface area contributed by atoms with Crippen molar-refractivity contribution in [2.75, 3.05) is 32.9 Å². The SMILES string of the molecule is CCOc1ccc(CCC[C@@H](C(=O)N2CCOC(C)C2)[C@H](O)CONO)cc1. The quantitative estimate of drug-likeness (QED) is 0.488. The van der Waals surface area contributed by atoms with E-state index in [1.165, 1.54) is 0 Å². The topological polar surface area (TPSA) is 100 Å². The van der Waals surface area contributed by atoms with E-state index in [9.17, 15) is 9.90 Å². The third-order valence-corrected chi connectivity index (χ3v) is 4.87. The fraction of sp³-hybridized carbons (Fsp3) is 0.650. The Bertz CT molecular complexity index is 583. The van der Waals surface area contributed by atoms with E-state index in [1.807, 2.05) is 38.1 Å². The Balaban J connectivity index is 1.93. The summed E-state index contributed by atoms with van der Waals surface area (Å²) in [6.07, 6.45) is 1.03. The molecule has 1 saturated heterocycles. The van der Waals surface area contributed by atoms with Crippen molar-refractivity contribution in [3.05, 3.63) is 29.8 Å². The first-order valence-electron chi connectivity index (χ1n) is 9.86. The van der Waals surface area contributed by atoms with Gasteiger partial charge in [-0.15, -0.1) is 0 Å². The molecule has 28 heavy (non-hydrogen) atoms. The first kappa shape index (κ1) is 22.6. The highest BCUT2D eigenvalue weighted by molar-refractivity contribution is 5.79. The molecule has 0 radical (unpaired) electrons. The molecule has 3 N–H and O–H groups in total. The molecular weight excluding hydrogens is 364 g/mol. The fourth-order valence-corrected chi connectivity index (χ4v) is 3.42. The Morgan fingerprint density at radius 3 is 2.79 bits per heavy atom. The van der Waals surface area contributed by atoms with E-state index >= 15 is 0 Å². The summed E-state index contributed by atoms with van der Waals surface area (Å²) in [5.74, 6) is 0.141. The number of carbonyl (C=O) groups is 1. The highest BCUT2D eigenvalue weighted by Crippen LogP contribution is 2.21. The molecule has 1 heterocycles. The molecule has 3 atom stereocenters. The molecule has 8 heteroatoms. The minimum Gasteiger partial charge on any atom is -0.494 e. The van der Waals surface area contributed by atoms with Gasteiger partial charge in [-0.1, -0.05) is 17.8 Å². The molecule has 1 fully saturated rings. The molecular formula is C20H32N2O6. The summed E-state index contributed by atoms with van der Waals surface area (Å²) >= 11 is 0. The number of nitrogens with zero attached hydrogens (tertiary/aromatic N) is 1. The van der Waals surface area contributed by atoms with Gasteiger partial charge in [0.15, 0.2) is 0 Å². The summed E-state index contributed by atoms with van der Waals surface area (Å²) in [7, 11) is 0. The van der Waals surface area contributed by atoms with Crippen LogP contribution in [0.5, 0.6) is 5.75 Å². The minimum atomic E-state index is -1.01. The second-order valence-corrected chi connectivity index (χ2v) is 7.01. The van der Waals surface area contributed by atoms with E-state index in [2.05, 4.69) is 4.84 Å². The van der Waals surface area contributed by atoms with Crippen molar-refractivity contribution in [2.24, 2.45) is 5.92 Å². The van der Waals surface area contributed by atoms with Crippen LogP contribution in [0.25, 0.3) is 0 Å². The van der Waals surface area contributed by atoms with Gasteiger partial charge >= 0.3 is 0 Å². The van der Waals surface area contributed by atoms with Crippen molar-refractivity contribution in [3.8, 4) is 5.75 Å². The molecule has 1 unspecified atom stereocenters. The number of rotatable bonds is 11. The van der Waals surface area contributed by atoms with Gasteiger partial charge in [-0.2, -0.15) is 0 Å². The third kappa shape index (κ3) is 7.03.